The Kier molecular flexibility index (Phi) is 7.09. The molecule has 4 aromatic heterocycles. The van der Waals surface area contributed by atoms with Gasteiger partial charge in [-0.15, -0.1) is 5.10 Å². The molecule has 37 heavy (non-hydrogen) atoms. The molecule has 0 bridgehead atoms. The Morgan fingerprint density at radius 2 is 1.92 bits per heavy atom. The number of nitrogens with zero attached hydrogens (tertiary/aromatic N) is 5. The summed E-state index contributed by atoms with van der Waals surface area (Å²) in [5, 5.41) is 23.3. The van der Waals surface area contributed by atoms with Gasteiger partial charge in [0.2, 0.25) is 11.7 Å². The minimum absolute atomic E-state index is 0.0242. The number of halogens is 3. The molecule has 10 nitrogen and oxygen atoms in total. The van der Waals surface area contributed by atoms with E-state index < -0.39 is 17.5 Å². The number of aliphatic hydroxyl groups is 1. The van der Waals surface area contributed by atoms with Gasteiger partial charge in [-0.2, -0.15) is 13.2 Å². The lowest BCUT2D eigenvalue weighted by Gasteiger charge is -2.18. The van der Waals surface area contributed by atoms with E-state index in [9.17, 15) is 23.1 Å². The van der Waals surface area contributed by atoms with Crippen LogP contribution in [0.5, 0.6) is 0 Å². The number of carbonyl (C=O) groups excluding carboxylic acids is 1. The molecule has 0 aliphatic rings. The highest BCUT2D eigenvalue weighted by Crippen LogP contribution is 2.30. The maximum absolute atomic E-state index is 13.3. The summed E-state index contributed by atoms with van der Waals surface area (Å²) in [6.07, 6.45) is -1.47. The standard InChI is InChI=1S/C24H25F3N8O2/c1-14(36)30-19-11-16(7-9-29-19)31-22-20-15(12-28-13-23(2,3)37)8-10-35(20)34-21(33-22)17-5-4-6-18(32-17)24(25,26)27/h4-11,28,37H,12-13H2,1-3H3,(H2,29,30,31,33,34,36). The molecule has 4 N–H and O–H groups in total. The predicted molar refractivity (Wildman–Crippen MR) is 131 cm³/mol. The van der Waals surface area contributed by atoms with Crippen LogP contribution in [0.15, 0.2) is 48.8 Å². The minimum Gasteiger partial charge on any atom is -0.389 e. The number of carbonyl (C=O) groups is 1. The average Bonchev–Trinajstić information content (AvgIpc) is 3.21. The summed E-state index contributed by atoms with van der Waals surface area (Å²) in [6.45, 7) is 5.41. The molecule has 0 fully saturated rings. The molecule has 0 aliphatic heterocycles. The number of hydrogen-bond donors (Lipinski definition) is 4. The minimum atomic E-state index is -4.62. The average molecular weight is 515 g/mol. The number of pyridine rings is 2. The fraction of sp³-hybridized carbons (Fsp3) is 0.292. The molecular formula is C24H25F3N8O2. The van der Waals surface area contributed by atoms with Crippen LogP contribution in [0.1, 0.15) is 32.0 Å². The number of anilines is 3. The predicted octanol–water partition coefficient (Wildman–Crippen LogP) is 3.77. The molecule has 4 rings (SSSR count). The zero-order valence-corrected chi connectivity index (χ0v) is 20.3. The van der Waals surface area contributed by atoms with Crippen LogP contribution in [0, 0.1) is 0 Å². The molecule has 4 heterocycles. The second-order valence-corrected chi connectivity index (χ2v) is 8.98. The van der Waals surface area contributed by atoms with Gasteiger partial charge in [0.25, 0.3) is 0 Å². The molecule has 13 heteroatoms. The Hall–Kier alpha value is -4.10. The highest BCUT2D eigenvalue weighted by atomic mass is 19.4. The van der Waals surface area contributed by atoms with Gasteiger partial charge in [0, 0.05) is 44.2 Å². The van der Waals surface area contributed by atoms with Crippen molar-refractivity contribution in [1.82, 2.24) is 29.9 Å². The Morgan fingerprint density at radius 1 is 1.14 bits per heavy atom. The van der Waals surface area contributed by atoms with E-state index in [4.69, 9.17) is 0 Å². The fourth-order valence-corrected chi connectivity index (χ4v) is 3.54. The summed E-state index contributed by atoms with van der Waals surface area (Å²) < 4.78 is 41.3. The van der Waals surface area contributed by atoms with Crippen LogP contribution in [-0.4, -0.2) is 47.7 Å². The van der Waals surface area contributed by atoms with E-state index in [0.717, 1.165) is 11.6 Å². The smallest absolute Gasteiger partial charge is 0.389 e. The summed E-state index contributed by atoms with van der Waals surface area (Å²) in [4.78, 5) is 23.7. The quantitative estimate of drug-likeness (QED) is 0.280. The highest BCUT2D eigenvalue weighted by molar-refractivity contribution is 5.88. The van der Waals surface area contributed by atoms with Crippen molar-refractivity contribution in [2.45, 2.75) is 39.1 Å². The van der Waals surface area contributed by atoms with Crippen molar-refractivity contribution in [2.75, 3.05) is 17.2 Å². The van der Waals surface area contributed by atoms with Crippen molar-refractivity contribution in [3.05, 3.63) is 60.0 Å². The molecular weight excluding hydrogens is 489 g/mol. The third-order valence-corrected chi connectivity index (χ3v) is 5.06. The van der Waals surface area contributed by atoms with Gasteiger partial charge >= 0.3 is 6.18 Å². The van der Waals surface area contributed by atoms with Crippen LogP contribution < -0.4 is 16.0 Å². The fourth-order valence-electron chi connectivity index (χ4n) is 3.54. The monoisotopic (exact) mass is 514 g/mol. The van der Waals surface area contributed by atoms with Crippen LogP contribution in [0.25, 0.3) is 17.0 Å². The van der Waals surface area contributed by atoms with Crippen molar-refractivity contribution in [3.8, 4) is 11.5 Å². The number of rotatable bonds is 8. The van der Waals surface area contributed by atoms with E-state index in [1.165, 1.54) is 29.8 Å². The lowest BCUT2D eigenvalue weighted by molar-refractivity contribution is -0.141. The first kappa shape index (κ1) is 26.0. The largest absolute Gasteiger partial charge is 0.433 e. The second-order valence-electron chi connectivity index (χ2n) is 8.98. The number of hydrogen-bond acceptors (Lipinski definition) is 8. The first-order valence-electron chi connectivity index (χ1n) is 11.3. The van der Waals surface area contributed by atoms with Gasteiger partial charge in [-0.25, -0.2) is 19.5 Å². The molecule has 194 valence electrons. The van der Waals surface area contributed by atoms with Crippen molar-refractivity contribution < 1.29 is 23.1 Å². The van der Waals surface area contributed by atoms with Crippen molar-refractivity contribution >= 4 is 28.7 Å². The van der Waals surface area contributed by atoms with Crippen LogP contribution in [0.3, 0.4) is 0 Å². The summed E-state index contributed by atoms with van der Waals surface area (Å²) in [5.74, 6) is 0.293. The van der Waals surface area contributed by atoms with E-state index in [1.807, 2.05) is 0 Å². The van der Waals surface area contributed by atoms with Gasteiger partial charge in [0.1, 0.15) is 22.7 Å². The molecule has 0 aromatic carbocycles. The maximum atomic E-state index is 13.3. The van der Waals surface area contributed by atoms with Crippen LogP contribution in [0.4, 0.5) is 30.5 Å². The van der Waals surface area contributed by atoms with E-state index >= 15 is 0 Å². The number of alkyl halides is 3. The maximum Gasteiger partial charge on any atom is 0.433 e. The molecule has 4 aromatic rings. The third kappa shape index (κ3) is 6.57. The number of nitrogens with one attached hydrogen (secondary N) is 3. The first-order valence-corrected chi connectivity index (χ1v) is 11.3. The van der Waals surface area contributed by atoms with Gasteiger partial charge in [-0.3, -0.25) is 4.79 Å². The molecule has 0 radical (unpaired) electrons. The summed E-state index contributed by atoms with van der Waals surface area (Å²) in [5.41, 5.74) is -0.153. The Labute approximate surface area is 210 Å². The zero-order valence-electron chi connectivity index (χ0n) is 20.3. The van der Waals surface area contributed by atoms with Gasteiger partial charge in [-0.05, 0) is 43.7 Å². The van der Waals surface area contributed by atoms with Crippen molar-refractivity contribution in [1.29, 1.82) is 0 Å². The molecule has 0 saturated heterocycles. The third-order valence-electron chi connectivity index (χ3n) is 5.06. The Bertz CT molecular complexity index is 1430. The Balaban J connectivity index is 1.78. The van der Waals surface area contributed by atoms with Crippen LogP contribution >= 0.6 is 0 Å². The number of fused-ring (bicyclic) bond motifs is 1. The summed E-state index contributed by atoms with van der Waals surface area (Å²) >= 11 is 0. The zero-order chi connectivity index (χ0) is 26.8. The van der Waals surface area contributed by atoms with Crippen LogP contribution in [0.2, 0.25) is 0 Å². The Morgan fingerprint density at radius 3 is 2.62 bits per heavy atom. The molecule has 0 spiro atoms. The SMILES string of the molecule is CC(=O)Nc1cc(Nc2nc(-c3cccc(C(F)(F)F)n3)nn3ccc(CNCC(C)(C)O)c23)ccn1. The topological polar surface area (TPSA) is 129 Å². The van der Waals surface area contributed by atoms with Gasteiger partial charge in [0.05, 0.1) is 5.60 Å². The van der Waals surface area contributed by atoms with E-state index in [1.54, 1.807) is 38.2 Å². The molecule has 1 amide bonds. The van der Waals surface area contributed by atoms with Crippen LogP contribution in [-0.2, 0) is 17.5 Å². The first-order chi connectivity index (χ1) is 17.4. The van der Waals surface area contributed by atoms with Crippen molar-refractivity contribution in [3.63, 3.8) is 0 Å². The van der Waals surface area contributed by atoms with E-state index in [2.05, 4.69) is 36.0 Å². The molecule has 0 aliphatic carbocycles. The normalized spacial score (nSPS) is 12.1. The molecule has 0 saturated carbocycles. The summed E-state index contributed by atoms with van der Waals surface area (Å²) in [6, 6.07) is 8.57. The summed E-state index contributed by atoms with van der Waals surface area (Å²) in [7, 11) is 0. The lowest BCUT2D eigenvalue weighted by atomic mass is 10.1. The van der Waals surface area contributed by atoms with E-state index in [0.29, 0.717) is 35.9 Å². The second kappa shape index (κ2) is 10.1. The molecule has 0 atom stereocenters. The van der Waals surface area contributed by atoms with Crippen molar-refractivity contribution in [2.24, 2.45) is 0 Å². The number of amides is 1. The number of aromatic nitrogens is 5. The van der Waals surface area contributed by atoms with E-state index in [-0.39, 0.29) is 17.4 Å². The molecule has 0 unspecified atom stereocenters. The van der Waals surface area contributed by atoms with Gasteiger partial charge in [0.15, 0.2) is 5.82 Å². The van der Waals surface area contributed by atoms with Gasteiger partial charge < -0.3 is 21.1 Å². The lowest BCUT2D eigenvalue weighted by Crippen LogP contribution is -2.34. The highest BCUT2D eigenvalue weighted by Gasteiger charge is 2.32. The van der Waals surface area contributed by atoms with Gasteiger partial charge in [-0.1, -0.05) is 6.07 Å².